The molecule has 2 rings (SSSR count). The summed E-state index contributed by atoms with van der Waals surface area (Å²) in [7, 11) is 1.58. The monoisotopic (exact) mass is 256 g/mol. The predicted molar refractivity (Wildman–Crippen MR) is 65.3 cm³/mol. The number of carbonyl (C=O) groups is 2. The molecule has 1 aromatic rings. The smallest absolute Gasteiger partial charge is 0.239 e. The topological polar surface area (TPSA) is 49.4 Å². The molecule has 2 heterocycles. The molecule has 0 radical (unpaired) electrons. The maximum atomic E-state index is 11.7. The molecule has 86 valence electrons. The number of nitrogens with zero attached hydrogens (tertiary/aromatic N) is 1. The fourth-order valence-electron chi connectivity index (χ4n) is 1.53. The van der Waals surface area contributed by atoms with Crippen LogP contribution in [-0.2, 0) is 9.59 Å². The lowest BCUT2D eigenvalue weighted by Gasteiger charge is -2.21. The van der Waals surface area contributed by atoms with Crippen LogP contribution in [0.5, 0.6) is 0 Å². The molecule has 6 heteroatoms. The number of thioether (sulfide) groups is 1. The molecule has 1 aliphatic rings. The first kappa shape index (κ1) is 11.5. The van der Waals surface area contributed by atoms with E-state index in [4.69, 9.17) is 0 Å². The van der Waals surface area contributed by atoms with E-state index in [9.17, 15) is 9.59 Å². The summed E-state index contributed by atoms with van der Waals surface area (Å²) in [6, 6.07) is 3.96. The van der Waals surface area contributed by atoms with Crippen LogP contribution in [0.2, 0.25) is 0 Å². The van der Waals surface area contributed by atoms with E-state index in [1.807, 2.05) is 17.5 Å². The third-order valence-electron chi connectivity index (χ3n) is 2.35. The van der Waals surface area contributed by atoms with Gasteiger partial charge in [-0.1, -0.05) is 6.07 Å². The van der Waals surface area contributed by atoms with Gasteiger partial charge in [0, 0.05) is 11.9 Å². The molecule has 1 aliphatic heterocycles. The van der Waals surface area contributed by atoms with Gasteiger partial charge in [0.05, 0.1) is 5.75 Å². The van der Waals surface area contributed by atoms with Gasteiger partial charge in [0.25, 0.3) is 0 Å². The summed E-state index contributed by atoms with van der Waals surface area (Å²) >= 11 is 3.19. The Hall–Kier alpha value is -1.01. The lowest BCUT2D eigenvalue weighted by Crippen LogP contribution is -2.37. The molecule has 4 nitrogen and oxygen atoms in total. The molecule has 0 bridgehead atoms. The number of hydrogen-bond acceptors (Lipinski definition) is 4. The van der Waals surface area contributed by atoms with Gasteiger partial charge in [-0.05, 0) is 11.4 Å². The molecule has 0 saturated carbocycles. The summed E-state index contributed by atoms with van der Waals surface area (Å²) in [5, 5.41) is 4.53. The van der Waals surface area contributed by atoms with Crippen molar-refractivity contribution in [2.24, 2.45) is 0 Å². The minimum absolute atomic E-state index is 0.00444. The minimum Gasteiger partial charge on any atom is -0.358 e. The summed E-state index contributed by atoms with van der Waals surface area (Å²) in [5.74, 6) is 0.365. The normalized spacial score (nSPS) is 20.2. The molecule has 0 aliphatic carbocycles. The Bertz CT molecular complexity index is 392. The van der Waals surface area contributed by atoms with Gasteiger partial charge in [0.1, 0.15) is 11.9 Å². The fraction of sp³-hybridized carbons (Fsp3) is 0.400. The van der Waals surface area contributed by atoms with Crippen LogP contribution >= 0.6 is 23.1 Å². The predicted octanol–water partition coefficient (Wildman–Crippen LogP) is 1.07. The van der Waals surface area contributed by atoms with Gasteiger partial charge in [0.15, 0.2) is 0 Å². The zero-order valence-corrected chi connectivity index (χ0v) is 10.4. The number of rotatable bonds is 3. The largest absolute Gasteiger partial charge is 0.358 e. The van der Waals surface area contributed by atoms with Crippen LogP contribution in [0, 0.1) is 0 Å². The lowest BCUT2D eigenvalue weighted by molar-refractivity contribution is -0.133. The van der Waals surface area contributed by atoms with Gasteiger partial charge in [0.2, 0.25) is 11.8 Å². The molecular weight excluding hydrogens is 244 g/mol. The maximum Gasteiger partial charge on any atom is 0.239 e. The van der Waals surface area contributed by atoms with Crippen molar-refractivity contribution in [1.82, 2.24) is 10.2 Å². The van der Waals surface area contributed by atoms with Crippen molar-refractivity contribution >= 4 is 34.9 Å². The van der Waals surface area contributed by atoms with E-state index in [1.54, 1.807) is 35.0 Å². The number of thiophene rings is 1. The van der Waals surface area contributed by atoms with Crippen molar-refractivity contribution in [1.29, 1.82) is 0 Å². The molecule has 2 amide bonds. The second-order valence-corrected chi connectivity index (χ2v) is 5.42. The summed E-state index contributed by atoms with van der Waals surface area (Å²) < 4.78 is 0. The van der Waals surface area contributed by atoms with Gasteiger partial charge >= 0.3 is 0 Å². The average Bonchev–Trinajstić information content (AvgIpc) is 2.89. The SMILES string of the molecule is CNC(=O)CN1C(=O)CSC1c1cccs1. The molecule has 1 saturated heterocycles. The zero-order chi connectivity index (χ0) is 11.5. The van der Waals surface area contributed by atoms with Crippen LogP contribution in [0.25, 0.3) is 0 Å². The molecule has 1 fully saturated rings. The number of nitrogens with one attached hydrogen (secondary N) is 1. The Morgan fingerprint density at radius 1 is 1.69 bits per heavy atom. The Morgan fingerprint density at radius 3 is 3.12 bits per heavy atom. The molecule has 0 aromatic carbocycles. The van der Waals surface area contributed by atoms with E-state index < -0.39 is 0 Å². The third-order valence-corrected chi connectivity index (χ3v) is 4.66. The summed E-state index contributed by atoms with van der Waals surface area (Å²) in [5.41, 5.74) is 0. The Labute approximate surface area is 102 Å². The number of amides is 2. The summed E-state index contributed by atoms with van der Waals surface area (Å²) in [6.45, 7) is 0.144. The fourth-order valence-corrected chi connectivity index (χ4v) is 3.69. The van der Waals surface area contributed by atoms with E-state index in [2.05, 4.69) is 5.32 Å². The van der Waals surface area contributed by atoms with Crippen molar-refractivity contribution in [2.75, 3.05) is 19.3 Å². The third kappa shape index (κ3) is 2.22. The van der Waals surface area contributed by atoms with E-state index in [0.29, 0.717) is 5.75 Å². The van der Waals surface area contributed by atoms with Gasteiger partial charge in [-0.25, -0.2) is 0 Å². The minimum atomic E-state index is -0.127. The Balaban J connectivity index is 2.13. The Kier molecular flexibility index (Phi) is 3.50. The zero-order valence-electron chi connectivity index (χ0n) is 8.80. The van der Waals surface area contributed by atoms with Crippen molar-refractivity contribution in [2.45, 2.75) is 5.37 Å². The van der Waals surface area contributed by atoms with E-state index in [1.165, 1.54) is 0 Å². The molecule has 1 atom stereocenters. The highest BCUT2D eigenvalue weighted by Gasteiger charge is 2.34. The Morgan fingerprint density at radius 2 is 2.50 bits per heavy atom. The van der Waals surface area contributed by atoms with Crippen LogP contribution in [-0.4, -0.2) is 36.1 Å². The standard InChI is InChI=1S/C10H12N2O2S2/c1-11-8(13)5-12-9(14)6-16-10(12)7-3-2-4-15-7/h2-4,10H,5-6H2,1H3,(H,11,13). The first-order chi connectivity index (χ1) is 7.72. The van der Waals surface area contributed by atoms with Crippen molar-refractivity contribution in [3.8, 4) is 0 Å². The van der Waals surface area contributed by atoms with E-state index in [0.717, 1.165) is 4.88 Å². The number of hydrogen-bond donors (Lipinski definition) is 1. The molecule has 1 unspecified atom stereocenters. The lowest BCUT2D eigenvalue weighted by atomic mass is 10.4. The highest BCUT2D eigenvalue weighted by atomic mass is 32.2. The van der Waals surface area contributed by atoms with Crippen LogP contribution in [0.4, 0.5) is 0 Å². The number of likely N-dealkylation sites (N-methyl/N-ethyl adjacent to an activating group) is 1. The van der Waals surface area contributed by atoms with E-state index >= 15 is 0 Å². The van der Waals surface area contributed by atoms with Crippen LogP contribution in [0.15, 0.2) is 17.5 Å². The summed E-state index contributed by atoms with van der Waals surface area (Å²) in [4.78, 5) is 25.7. The average molecular weight is 256 g/mol. The van der Waals surface area contributed by atoms with Crippen LogP contribution in [0.3, 0.4) is 0 Å². The van der Waals surface area contributed by atoms with Gasteiger partial charge in [-0.2, -0.15) is 0 Å². The van der Waals surface area contributed by atoms with Crippen molar-refractivity contribution < 1.29 is 9.59 Å². The van der Waals surface area contributed by atoms with E-state index in [-0.39, 0.29) is 23.7 Å². The molecule has 1 N–H and O–H groups in total. The molecule has 0 spiro atoms. The maximum absolute atomic E-state index is 11.7. The molecular formula is C10H12N2O2S2. The van der Waals surface area contributed by atoms with Gasteiger partial charge in [-0.15, -0.1) is 23.1 Å². The number of carbonyl (C=O) groups excluding carboxylic acids is 2. The van der Waals surface area contributed by atoms with Crippen LogP contribution in [0.1, 0.15) is 10.3 Å². The van der Waals surface area contributed by atoms with Crippen LogP contribution < -0.4 is 5.32 Å². The van der Waals surface area contributed by atoms with Crippen molar-refractivity contribution in [3.63, 3.8) is 0 Å². The highest BCUT2D eigenvalue weighted by Crippen LogP contribution is 2.40. The van der Waals surface area contributed by atoms with Gasteiger partial charge in [-0.3, -0.25) is 9.59 Å². The first-order valence-corrected chi connectivity index (χ1v) is 6.80. The molecule has 1 aromatic heterocycles. The quantitative estimate of drug-likeness (QED) is 0.880. The summed E-state index contributed by atoms with van der Waals surface area (Å²) in [6.07, 6.45) is 0. The first-order valence-electron chi connectivity index (χ1n) is 4.87. The van der Waals surface area contributed by atoms with Gasteiger partial charge < -0.3 is 10.2 Å². The molecule has 16 heavy (non-hydrogen) atoms. The van der Waals surface area contributed by atoms with Crippen molar-refractivity contribution in [3.05, 3.63) is 22.4 Å². The highest BCUT2D eigenvalue weighted by molar-refractivity contribution is 8.00. The second kappa shape index (κ2) is 4.88. The second-order valence-electron chi connectivity index (χ2n) is 3.37.